The van der Waals surface area contributed by atoms with Crippen LogP contribution in [0.15, 0.2) is 77.6 Å². The molecule has 26 heavy (non-hydrogen) atoms. The van der Waals surface area contributed by atoms with Crippen LogP contribution in [-0.2, 0) is 0 Å². The van der Waals surface area contributed by atoms with Crippen LogP contribution in [0.4, 0.5) is 0 Å². The van der Waals surface area contributed by atoms with Gasteiger partial charge in [0.1, 0.15) is 0 Å². The second-order valence-corrected chi connectivity index (χ2v) is 6.95. The highest BCUT2D eigenvalue weighted by Gasteiger charge is 2.12. The van der Waals surface area contributed by atoms with Gasteiger partial charge in [-0.1, -0.05) is 59.2 Å². The number of pyridine rings is 1. The van der Waals surface area contributed by atoms with Crippen molar-refractivity contribution in [2.45, 2.75) is 20.8 Å². The molecule has 0 spiro atoms. The van der Waals surface area contributed by atoms with Crippen molar-refractivity contribution in [2.24, 2.45) is 0 Å². The molecule has 128 valence electrons. The summed E-state index contributed by atoms with van der Waals surface area (Å²) in [6.45, 7) is 6.20. The molecular formula is C24H21NO. The third-order valence-corrected chi connectivity index (χ3v) is 4.83. The van der Waals surface area contributed by atoms with Crippen molar-refractivity contribution in [1.29, 1.82) is 0 Å². The number of hydrogen-bond acceptors (Lipinski definition) is 1. The van der Waals surface area contributed by atoms with E-state index >= 15 is 0 Å². The van der Waals surface area contributed by atoms with Gasteiger partial charge in [0.05, 0.1) is 5.52 Å². The summed E-state index contributed by atoms with van der Waals surface area (Å²) >= 11 is 0. The van der Waals surface area contributed by atoms with Gasteiger partial charge >= 0.3 is 0 Å². The number of aryl methyl sites for hydroxylation is 3. The van der Waals surface area contributed by atoms with E-state index in [4.69, 9.17) is 0 Å². The Bertz CT molecular complexity index is 1150. The minimum atomic E-state index is -0.0132. The molecule has 0 saturated carbocycles. The minimum Gasteiger partial charge on any atom is -0.277 e. The molecule has 0 fully saturated rings. The first-order chi connectivity index (χ1) is 12.5. The number of nitrogens with zero attached hydrogens (tertiary/aromatic N) is 1. The summed E-state index contributed by atoms with van der Waals surface area (Å²) in [5, 5.41) is 1.09. The molecule has 1 aromatic heterocycles. The van der Waals surface area contributed by atoms with Crippen LogP contribution in [0, 0.1) is 20.8 Å². The predicted molar refractivity (Wildman–Crippen MR) is 109 cm³/mol. The molecule has 4 rings (SSSR count). The van der Waals surface area contributed by atoms with Gasteiger partial charge in [0.15, 0.2) is 0 Å². The van der Waals surface area contributed by atoms with Crippen molar-refractivity contribution < 1.29 is 0 Å². The molecule has 0 saturated heterocycles. The first kappa shape index (κ1) is 16.3. The lowest BCUT2D eigenvalue weighted by atomic mass is 9.98. The van der Waals surface area contributed by atoms with Gasteiger partial charge < -0.3 is 0 Å². The maximum absolute atomic E-state index is 13.0. The van der Waals surface area contributed by atoms with Gasteiger partial charge in [-0.25, -0.2) is 0 Å². The smallest absolute Gasteiger partial charge is 0.256 e. The standard InChI is InChI=1S/C24H21NO/c1-16-4-9-19(10-5-16)21-15-24(26)25(20-11-6-17(2)7-12-20)23-13-8-18(3)14-22(21)23/h4-15H,1-3H3. The van der Waals surface area contributed by atoms with Crippen LogP contribution >= 0.6 is 0 Å². The van der Waals surface area contributed by atoms with E-state index < -0.39 is 0 Å². The molecule has 3 aromatic carbocycles. The summed E-state index contributed by atoms with van der Waals surface area (Å²) in [6, 6.07) is 24.4. The normalized spacial score (nSPS) is 11.0. The lowest BCUT2D eigenvalue weighted by Crippen LogP contribution is -2.18. The van der Waals surface area contributed by atoms with E-state index in [1.165, 1.54) is 16.7 Å². The second-order valence-electron chi connectivity index (χ2n) is 6.95. The van der Waals surface area contributed by atoms with Gasteiger partial charge in [-0.05, 0) is 56.2 Å². The average Bonchev–Trinajstić information content (AvgIpc) is 2.63. The van der Waals surface area contributed by atoms with E-state index in [1.807, 2.05) is 30.3 Å². The van der Waals surface area contributed by atoms with Crippen LogP contribution in [0.5, 0.6) is 0 Å². The Balaban J connectivity index is 2.06. The second kappa shape index (κ2) is 6.30. The van der Waals surface area contributed by atoms with E-state index in [0.717, 1.165) is 27.7 Å². The fourth-order valence-electron chi connectivity index (χ4n) is 3.38. The summed E-state index contributed by atoms with van der Waals surface area (Å²) < 4.78 is 1.80. The van der Waals surface area contributed by atoms with E-state index in [1.54, 1.807) is 10.6 Å². The maximum atomic E-state index is 13.0. The summed E-state index contributed by atoms with van der Waals surface area (Å²) in [4.78, 5) is 13.0. The fraction of sp³-hybridized carbons (Fsp3) is 0.125. The Morgan fingerprint density at radius 3 is 1.88 bits per heavy atom. The average molecular weight is 339 g/mol. The highest BCUT2D eigenvalue weighted by atomic mass is 16.1. The number of benzene rings is 3. The van der Waals surface area contributed by atoms with Crippen molar-refractivity contribution in [3.8, 4) is 16.8 Å². The van der Waals surface area contributed by atoms with Crippen molar-refractivity contribution in [2.75, 3.05) is 0 Å². The van der Waals surface area contributed by atoms with E-state index in [9.17, 15) is 4.79 Å². The van der Waals surface area contributed by atoms with Crippen LogP contribution in [-0.4, -0.2) is 4.57 Å². The van der Waals surface area contributed by atoms with Crippen LogP contribution < -0.4 is 5.56 Å². The first-order valence-electron chi connectivity index (χ1n) is 8.83. The molecule has 0 unspecified atom stereocenters. The van der Waals surface area contributed by atoms with Gasteiger partial charge in [-0.2, -0.15) is 0 Å². The molecule has 0 bridgehead atoms. The zero-order valence-corrected chi connectivity index (χ0v) is 15.3. The van der Waals surface area contributed by atoms with Crippen molar-refractivity contribution in [1.82, 2.24) is 4.57 Å². The van der Waals surface area contributed by atoms with Crippen molar-refractivity contribution in [3.63, 3.8) is 0 Å². The quantitative estimate of drug-likeness (QED) is 0.467. The Labute approximate surface area is 153 Å². The number of rotatable bonds is 2. The molecule has 0 aliphatic rings. The van der Waals surface area contributed by atoms with Crippen LogP contribution in [0.3, 0.4) is 0 Å². The highest BCUT2D eigenvalue weighted by Crippen LogP contribution is 2.29. The Hall–Kier alpha value is -3.13. The maximum Gasteiger partial charge on any atom is 0.256 e. The zero-order valence-electron chi connectivity index (χ0n) is 15.3. The van der Waals surface area contributed by atoms with Crippen molar-refractivity contribution in [3.05, 3.63) is 99.8 Å². The Morgan fingerprint density at radius 1 is 0.654 bits per heavy atom. The van der Waals surface area contributed by atoms with Gasteiger partial charge in [0, 0.05) is 17.1 Å². The molecule has 4 aromatic rings. The molecule has 0 amide bonds. The van der Waals surface area contributed by atoms with E-state index in [0.29, 0.717) is 0 Å². The Morgan fingerprint density at radius 2 is 1.23 bits per heavy atom. The number of fused-ring (bicyclic) bond motifs is 1. The van der Waals surface area contributed by atoms with E-state index in [-0.39, 0.29) is 5.56 Å². The van der Waals surface area contributed by atoms with Gasteiger partial charge in [0.25, 0.3) is 5.56 Å². The fourth-order valence-corrected chi connectivity index (χ4v) is 3.38. The third kappa shape index (κ3) is 2.84. The third-order valence-electron chi connectivity index (χ3n) is 4.83. The first-order valence-corrected chi connectivity index (χ1v) is 8.83. The summed E-state index contributed by atoms with van der Waals surface area (Å²) in [5.74, 6) is 0. The summed E-state index contributed by atoms with van der Waals surface area (Å²) in [7, 11) is 0. The molecule has 2 nitrogen and oxygen atoms in total. The number of aromatic nitrogens is 1. The van der Waals surface area contributed by atoms with Crippen LogP contribution in [0.25, 0.3) is 27.7 Å². The zero-order chi connectivity index (χ0) is 18.3. The predicted octanol–water partition coefficient (Wildman–Crippen LogP) is 5.58. The molecule has 0 aliphatic heterocycles. The minimum absolute atomic E-state index is 0.0132. The number of hydrogen-bond donors (Lipinski definition) is 0. The highest BCUT2D eigenvalue weighted by molar-refractivity contribution is 5.95. The lowest BCUT2D eigenvalue weighted by Gasteiger charge is -2.15. The molecule has 0 atom stereocenters. The topological polar surface area (TPSA) is 22.0 Å². The van der Waals surface area contributed by atoms with Gasteiger partial charge in [-0.3, -0.25) is 9.36 Å². The largest absolute Gasteiger partial charge is 0.277 e. The van der Waals surface area contributed by atoms with Crippen LogP contribution in [0.1, 0.15) is 16.7 Å². The SMILES string of the molecule is Cc1ccc(-c2cc(=O)n(-c3ccc(C)cc3)c3ccc(C)cc23)cc1. The monoisotopic (exact) mass is 339 g/mol. The molecule has 1 heterocycles. The lowest BCUT2D eigenvalue weighted by molar-refractivity contribution is 1.04. The molecule has 0 N–H and O–H groups in total. The van der Waals surface area contributed by atoms with Gasteiger partial charge in [0.2, 0.25) is 0 Å². The molecule has 0 aliphatic carbocycles. The summed E-state index contributed by atoms with van der Waals surface area (Å²) in [5.41, 5.74) is 7.44. The Kier molecular flexibility index (Phi) is 3.96. The molecule has 2 heteroatoms. The van der Waals surface area contributed by atoms with E-state index in [2.05, 4.69) is 57.2 Å². The molecular weight excluding hydrogens is 318 g/mol. The summed E-state index contributed by atoms with van der Waals surface area (Å²) in [6.07, 6.45) is 0. The van der Waals surface area contributed by atoms with Crippen LogP contribution in [0.2, 0.25) is 0 Å². The van der Waals surface area contributed by atoms with Crippen molar-refractivity contribution >= 4 is 10.9 Å². The molecule has 0 radical (unpaired) electrons. The van der Waals surface area contributed by atoms with Gasteiger partial charge in [-0.15, -0.1) is 0 Å².